The lowest BCUT2D eigenvalue weighted by atomic mass is 10.1. The van der Waals surface area contributed by atoms with Gasteiger partial charge in [0.2, 0.25) is 0 Å². The summed E-state index contributed by atoms with van der Waals surface area (Å²) >= 11 is 6.14. The van der Waals surface area contributed by atoms with Gasteiger partial charge in [-0.1, -0.05) is 66.2 Å². The Morgan fingerprint density at radius 1 is 1.00 bits per heavy atom. The molecule has 1 aliphatic carbocycles. The van der Waals surface area contributed by atoms with Crippen LogP contribution in [0.2, 0.25) is 5.02 Å². The summed E-state index contributed by atoms with van der Waals surface area (Å²) in [6, 6.07) is 22.8. The van der Waals surface area contributed by atoms with Gasteiger partial charge < -0.3 is 15.3 Å². The lowest BCUT2D eigenvalue weighted by Crippen LogP contribution is -2.45. The van der Waals surface area contributed by atoms with Crippen LogP contribution in [0.15, 0.2) is 95.8 Å². The average Bonchev–Trinajstić information content (AvgIpc) is 3.61. The summed E-state index contributed by atoms with van der Waals surface area (Å²) in [5.41, 5.74) is 1.93. The Balaban J connectivity index is 1.76. The van der Waals surface area contributed by atoms with E-state index in [1.165, 1.54) is 11.0 Å². The fourth-order valence-corrected chi connectivity index (χ4v) is 3.53. The van der Waals surface area contributed by atoms with E-state index < -0.39 is 5.91 Å². The van der Waals surface area contributed by atoms with Crippen LogP contribution in [0, 0.1) is 5.92 Å². The molecule has 0 bridgehead atoms. The molecule has 6 heteroatoms. The zero-order valence-electron chi connectivity index (χ0n) is 17.5. The van der Waals surface area contributed by atoms with Crippen LogP contribution in [0.1, 0.15) is 29.5 Å². The van der Waals surface area contributed by atoms with Gasteiger partial charge in [-0.25, -0.2) is 4.99 Å². The van der Waals surface area contributed by atoms with Crippen molar-refractivity contribution in [2.45, 2.75) is 25.3 Å². The van der Waals surface area contributed by atoms with Crippen molar-refractivity contribution < 1.29 is 15.3 Å². The molecule has 0 amide bonds. The van der Waals surface area contributed by atoms with E-state index in [9.17, 15) is 15.3 Å². The van der Waals surface area contributed by atoms with Crippen molar-refractivity contribution in [3.63, 3.8) is 0 Å². The molecule has 1 fully saturated rings. The van der Waals surface area contributed by atoms with E-state index in [-0.39, 0.29) is 17.9 Å². The maximum atomic E-state index is 11.3. The third-order valence-electron chi connectivity index (χ3n) is 5.29. The minimum absolute atomic E-state index is 0.144. The number of rotatable bonds is 8. The molecule has 0 heterocycles. The van der Waals surface area contributed by atoms with E-state index in [2.05, 4.69) is 4.99 Å². The van der Waals surface area contributed by atoms with Gasteiger partial charge in [0.15, 0.2) is 0 Å². The minimum atomic E-state index is -2.36. The number of nitrogens with zero attached hydrogens (tertiary/aromatic N) is 2. The Labute approximate surface area is 192 Å². The number of hydrogen-bond donors (Lipinski definition) is 3. The number of aliphatic imine (C=N–C) groups is 1. The first kappa shape index (κ1) is 22.1. The van der Waals surface area contributed by atoms with E-state index in [0.29, 0.717) is 16.8 Å². The third-order valence-corrected chi connectivity index (χ3v) is 5.53. The summed E-state index contributed by atoms with van der Waals surface area (Å²) in [5.74, 6) is -1.42. The second-order valence-electron chi connectivity index (χ2n) is 7.93. The van der Waals surface area contributed by atoms with Crippen LogP contribution in [0.25, 0.3) is 0 Å². The van der Waals surface area contributed by atoms with Gasteiger partial charge in [-0.3, -0.25) is 4.90 Å². The van der Waals surface area contributed by atoms with Gasteiger partial charge in [0.25, 0.3) is 5.91 Å². The van der Waals surface area contributed by atoms with Crippen LogP contribution in [-0.2, 0) is 12.5 Å². The highest BCUT2D eigenvalue weighted by atomic mass is 35.5. The second-order valence-corrected chi connectivity index (χ2v) is 8.37. The Morgan fingerprint density at radius 3 is 2.38 bits per heavy atom. The zero-order valence-corrected chi connectivity index (χ0v) is 18.2. The summed E-state index contributed by atoms with van der Waals surface area (Å²) in [7, 11) is 0. The number of allylic oxidation sites excluding steroid dienone is 1. The molecule has 1 aliphatic rings. The number of phenolic OH excluding ortho intramolecular Hbond substituents is 1. The lowest BCUT2D eigenvalue weighted by Gasteiger charge is -2.37. The van der Waals surface area contributed by atoms with Crippen molar-refractivity contribution in [1.82, 2.24) is 4.90 Å². The van der Waals surface area contributed by atoms with Crippen molar-refractivity contribution in [3.05, 3.63) is 112 Å². The first-order valence-electron chi connectivity index (χ1n) is 10.5. The molecule has 1 saturated carbocycles. The monoisotopic (exact) mass is 448 g/mol. The molecule has 0 unspecified atom stereocenters. The second kappa shape index (κ2) is 9.57. The highest BCUT2D eigenvalue weighted by Crippen LogP contribution is 2.36. The van der Waals surface area contributed by atoms with E-state index in [4.69, 9.17) is 11.6 Å². The molecule has 164 valence electrons. The van der Waals surface area contributed by atoms with Crippen LogP contribution < -0.4 is 0 Å². The van der Waals surface area contributed by atoms with Crippen molar-refractivity contribution in [1.29, 1.82) is 0 Å². The van der Waals surface area contributed by atoms with Gasteiger partial charge in [0.1, 0.15) is 11.6 Å². The zero-order chi connectivity index (χ0) is 22.6. The number of aliphatic hydroxyl groups is 2. The van der Waals surface area contributed by atoms with Crippen LogP contribution >= 0.6 is 11.6 Å². The first-order valence-corrected chi connectivity index (χ1v) is 10.9. The molecule has 3 N–H and O–H groups in total. The fraction of sp³-hybridized carbons (Fsp3) is 0.192. The smallest absolute Gasteiger partial charge is 0.276 e. The van der Waals surface area contributed by atoms with Crippen LogP contribution in [0.3, 0.4) is 0 Å². The summed E-state index contributed by atoms with van der Waals surface area (Å²) in [4.78, 5) is 6.11. The van der Waals surface area contributed by atoms with Crippen molar-refractivity contribution in [2.24, 2.45) is 10.9 Å². The van der Waals surface area contributed by atoms with E-state index in [0.717, 1.165) is 24.0 Å². The fourth-order valence-electron chi connectivity index (χ4n) is 3.34. The van der Waals surface area contributed by atoms with Gasteiger partial charge in [-0.15, -0.1) is 0 Å². The van der Waals surface area contributed by atoms with Crippen LogP contribution in [0.4, 0.5) is 0 Å². The molecule has 5 nitrogen and oxygen atoms in total. The maximum Gasteiger partial charge on any atom is 0.276 e. The molecular weight excluding hydrogens is 424 g/mol. The van der Waals surface area contributed by atoms with Crippen molar-refractivity contribution in [3.8, 4) is 5.75 Å². The maximum absolute atomic E-state index is 11.3. The summed E-state index contributed by atoms with van der Waals surface area (Å²) in [6.07, 6.45) is 5.77. The summed E-state index contributed by atoms with van der Waals surface area (Å²) in [6.45, 7) is 0.157. The lowest BCUT2D eigenvalue weighted by molar-refractivity contribution is -0.267. The Kier molecular flexibility index (Phi) is 6.61. The molecule has 0 aliphatic heterocycles. The molecule has 0 atom stereocenters. The average molecular weight is 449 g/mol. The van der Waals surface area contributed by atoms with Gasteiger partial charge >= 0.3 is 0 Å². The Hall–Kier alpha value is -3.12. The topological polar surface area (TPSA) is 76.3 Å². The number of phenols is 1. The Bertz CT molecular complexity index is 1110. The Morgan fingerprint density at radius 2 is 1.72 bits per heavy atom. The molecule has 32 heavy (non-hydrogen) atoms. The normalized spacial score (nSPS) is 14.7. The van der Waals surface area contributed by atoms with E-state index in [1.54, 1.807) is 48.7 Å². The first-order chi connectivity index (χ1) is 15.4. The largest absolute Gasteiger partial charge is 0.508 e. The molecule has 0 radical (unpaired) electrons. The molecule has 3 aromatic rings. The number of halogens is 1. The quantitative estimate of drug-likeness (QED) is 0.334. The standard InChI is InChI=1S/C26H25ClN2O3/c27-23-8-4-7-22(16-23)26(31,32)29(18-21-11-13-24(30)14-12-21)25(15-19-9-10-19)28-17-20-5-2-1-3-6-20/h1-8,11-17,19,30-32H,9-10,18H2/b25-15-,28-17-. The number of aromatic hydroxyl groups is 1. The molecular formula is C26H25ClN2O3. The molecule has 4 rings (SSSR count). The van der Waals surface area contributed by atoms with Crippen molar-refractivity contribution >= 4 is 17.8 Å². The van der Waals surface area contributed by atoms with Gasteiger partial charge in [-0.05, 0) is 60.2 Å². The summed E-state index contributed by atoms with van der Waals surface area (Å²) < 4.78 is 0. The van der Waals surface area contributed by atoms with Crippen LogP contribution in [0.5, 0.6) is 5.75 Å². The van der Waals surface area contributed by atoms with Gasteiger partial charge in [-0.2, -0.15) is 0 Å². The molecule has 3 aromatic carbocycles. The van der Waals surface area contributed by atoms with E-state index >= 15 is 0 Å². The van der Waals surface area contributed by atoms with E-state index in [1.807, 2.05) is 36.4 Å². The van der Waals surface area contributed by atoms with Gasteiger partial charge in [0.05, 0.1) is 0 Å². The number of hydrogen-bond acceptors (Lipinski definition) is 5. The highest BCUT2D eigenvalue weighted by Gasteiger charge is 2.37. The molecule has 0 spiro atoms. The van der Waals surface area contributed by atoms with Crippen molar-refractivity contribution in [2.75, 3.05) is 0 Å². The highest BCUT2D eigenvalue weighted by molar-refractivity contribution is 6.30. The predicted molar refractivity (Wildman–Crippen MR) is 126 cm³/mol. The number of benzene rings is 3. The summed E-state index contributed by atoms with van der Waals surface area (Å²) in [5, 5.41) is 32.7. The minimum Gasteiger partial charge on any atom is -0.508 e. The van der Waals surface area contributed by atoms with Crippen LogP contribution in [-0.4, -0.2) is 26.4 Å². The molecule has 0 saturated heterocycles. The SMILES string of the molecule is Oc1ccc(CN(C(=C\C2CC2)/N=C\c2ccccc2)C(O)(O)c2cccc(Cl)c2)cc1. The predicted octanol–water partition coefficient (Wildman–Crippen LogP) is 5.01. The molecule has 0 aromatic heterocycles. The third kappa shape index (κ3) is 5.56. The van der Waals surface area contributed by atoms with Gasteiger partial charge in [0, 0.05) is 23.3 Å².